The Balaban J connectivity index is 3.84. The molecule has 118 valence electrons. The number of hydrogen-bond acceptors (Lipinski definition) is 3. The van der Waals surface area contributed by atoms with E-state index in [1.54, 1.807) is 0 Å². The van der Waals surface area contributed by atoms with Crippen molar-refractivity contribution in [3.63, 3.8) is 0 Å². The van der Waals surface area contributed by atoms with Crippen LogP contribution >= 0.6 is 0 Å². The summed E-state index contributed by atoms with van der Waals surface area (Å²) >= 11 is 0. The van der Waals surface area contributed by atoms with Gasteiger partial charge < -0.3 is 14.7 Å². The average Bonchev–Trinajstić information content (AvgIpc) is 2.19. The molecule has 0 aliphatic carbocycles. The Morgan fingerprint density at radius 2 is 1.05 bits per heavy atom. The number of rotatable bonds is 2. The maximum absolute atomic E-state index is 13.3. The zero-order valence-corrected chi connectivity index (χ0v) is 9.28. The molecule has 2 N–H and O–H groups in total. The molecule has 0 atom stereocenters. The summed E-state index contributed by atoms with van der Waals surface area (Å²) in [5, 5.41) is 16.5. The molecule has 0 aromatic heterocycles. The third-order valence-corrected chi connectivity index (χ3v) is 2.07. The van der Waals surface area contributed by atoms with Gasteiger partial charge in [0.25, 0.3) is 0 Å². The van der Waals surface area contributed by atoms with Crippen LogP contribution in [0, 0.1) is 17.5 Å². The summed E-state index contributed by atoms with van der Waals surface area (Å²) in [6.45, 7) is 0. The highest BCUT2D eigenvalue weighted by molar-refractivity contribution is 6.33. The van der Waals surface area contributed by atoms with Crippen LogP contribution in [0.15, 0.2) is 0 Å². The van der Waals surface area contributed by atoms with Gasteiger partial charge in [0, 0.05) is 0 Å². The summed E-state index contributed by atoms with van der Waals surface area (Å²) in [5.74, 6) is -11.4. The van der Waals surface area contributed by atoms with Gasteiger partial charge in [-0.2, -0.15) is 26.3 Å². The molecule has 1 aromatic rings. The third-order valence-electron chi connectivity index (χ3n) is 2.07. The fourth-order valence-electron chi connectivity index (χ4n) is 1.35. The van der Waals surface area contributed by atoms with Crippen molar-refractivity contribution < 1.29 is 54.2 Å². The van der Waals surface area contributed by atoms with E-state index >= 15 is 0 Å². The number of hydrogen-bond donors (Lipinski definition) is 2. The fraction of sp³-hybridized carbons (Fsp3) is 0.250. The van der Waals surface area contributed by atoms with Gasteiger partial charge in [0.05, 0.1) is 0 Å². The Morgan fingerprint density at radius 1 is 0.714 bits per heavy atom. The lowest BCUT2D eigenvalue weighted by molar-refractivity contribution is -0.151. The molecule has 0 bridgehead atoms. The predicted molar refractivity (Wildman–Crippen MR) is 47.1 cm³/mol. The molecule has 13 heteroatoms. The van der Waals surface area contributed by atoms with E-state index in [0.717, 1.165) is 0 Å². The summed E-state index contributed by atoms with van der Waals surface area (Å²) in [5.41, 5.74) is -6.15. The molecule has 0 saturated heterocycles. The standard InChI is InChI=1S/C8H2BF9O3/c10-3-1(7(13,14)15)4(11)6(21-9(19)20)5(12)2(3)8(16,17)18/h19-20H. The topological polar surface area (TPSA) is 49.7 Å². The first kappa shape index (κ1) is 17.4. The molecular formula is C8H2BF9O3. The van der Waals surface area contributed by atoms with Crippen LogP contribution in [0.5, 0.6) is 5.75 Å². The molecule has 0 saturated carbocycles. The summed E-state index contributed by atoms with van der Waals surface area (Å²) in [7, 11) is -3.14. The van der Waals surface area contributed by atoms with Crippen LogP contribution in [0.25, 0.3) is 0 Å². The minimum atomic E-state index is -5.96. The first-order valence-corrected chi connectivity index (χ1v) is 4.66. The molecule has 1 rings (SSSR count). The largest absolute Gasteiger partial charge is 0.707 e. The molecular weight excluding hydrogens is 326 g/mol. The second-order valence-corrected chi connectivity index (χ2v) is 3.46. The van der Waals surface area contributed by atoms with Gasteiger partial charge in [0.1, 0.15) is 11.1 Å². The first-order valence-electron chi connectivity index (χ1n) is 4.66. The van der Waals surface area contributed by atoms with Crippen molar-refractivity contribution in [2.75, 3.05) is 0 Å². The van der Waals surface area contributed by atoms with Gasteiger partial charge in [-0.05, 0) is 0 Å². The fourth-order valence-corrected chi connectivity index (χ4v) is 1.35. The van der Waals surface area contributed by atoms with Crippen LogP contribution in [0.2, 0.25) is 0 Å². The molecule has 0 amide bonds. The first-order chi connectivity index (χ1) is 9.28. The molecule has 0 aliphatic rings. The zero-order chi connectivity index (χ0) is 16.7. The van der Waals surface area contributed by atoms with Gasteiger partial charge in [-0.1, -0.05) is 0 Å². The second kappa shape index (κ2) is 5.29. The normalized spacial score (nSPS) is 12.5. The van der Waals surface area contributed by atoms with E-state index in [1.807, 2.05) is 0 Å². The third kappa shape index (κ3) is 3.35. The van der Waals surface area contributed by atoms with Crippen molar-refractivity contribution in [1.82, 2.24) is 0 Å². The van der Waals surface area contributed by atoms with E-state index < -0.39 is 54.0 Å². The molecule has 0 unspecified atom stereocenters. The van der Waals surface area contributed by atoms with Gasteiger partial charge in [-0.15, -0.1) is 0 Å². The predicted octanol–water partition coefficient (Wildman–Crippen LogP) is 2.49. The maximum Gasteiger partial charge on any atom is 0.707 e. The summed E-state index contributed by atoms with van der Waals surface area (Å²) in [6, 6.07) is 0. The van der Waals surface area contributed by atoms with Crippen LogP contribution in [-0.2, 0) is 12.4 Å². The van der Waals surface area contributed by atoms with E-state index in [9.17, 15) is 39.5 Å². The SMILES string of the molecule is OB(O)Oc1c(F)c(C(F)(F)F)c(F)c(C(F)(F)F)c1F. The molecule has 1 aromatic carbocycles. The van der Waals surface area contributed by atoms with Crippen LogP contribution in [0.3, 0.4) is 0 Å². The quantitative estimate of drug-likeness (QED) is 0.648. The van der Waals surface area contributed by atoms with E-state index in [1.165, 1.54) is 0 Å². The van der Waals surface area contributed by atoms with Crippen molar-refractivity contribution in [2.24, 2.45) is 0 Å². The number of alkyl halides is 6. The number of halogens is 9. The molecule has 0 aliphatic heterocycles. The molecule has 0 heterocycles. The van der Waals surface area contributed by atoms with Gasteiger partial charge in [0.2, 0.25) is 0 Å². The van der Waals surface area contributed by atoms with E-state index in [-0.39, 0.29) is 0 Å². The van der Waals surface area contributed by atoms with Crippen LogP contribution in [0.4, 0.5) is 39.5 Å². The van der Waals surface area contributed by atoms with E-state index in [4.69, 9.17) is 10.0 Å². The highest BCUT2D eigenvalue weighted by atomic mass is 19.4. The Morgan fingerprint density at radius 3 is 1.29 bits per heavy atom. The highest BCUT2D eigenvalue weighted by Gasteiger charge is 2.49. The van der Waals surface area contributed by atoms with Crippen LogP contribution < -0.4 is 4.65 Å². The van der Waals surface area contributed by atoms with Crippen molar-refractivity contribution >= 4 is 7.32 Å². The second-order valence-electron chi connectivity index (χ2n) is 3.46. The molecule has 21 heavy (non-hydrogen) atoms. The molecule has 3 nitrogen and oxygen atoms in total. The van der Waals surface area contributed by atoms with Gasteiger partial charge >= 0.3 is 19.7 Å². The van der Waals surface area contributed by atoms with Crippen molar-refractivity contribution in [1.29, 1.82) is 0 Å². The van der Waals surface area contributed by atoms with Gasteiger partial charge in [-0.3, -0.25) is 0 Å². The van der Waals surface area contributed by atoms with E-state index in [0.29, 0.717) is 0 Å². The lowest BCUT2D eigenvalue weighted by Crippen LogP contribution is -2.26. The summed E-state index contributed by atoms with van der Waals surface area (Å²) < 4.78 is 117. The van der Waals surface area contributed by atoms with Crippen LogP contribution in [-0.4, -0.2) is 17.4 Å². The average molecular weight is 328 g/mol. The van der Waals surface area contributed by atoms with Gasteiger partial charge in [0.15, 0.2) is 23.2 Å². The molecule has 0 spiro atoms. The van der Waals surface area contributed by atoms with Crippen molar-refractivity contribution in [3.8, 4) is 5.75 Å². The minimum Gasteiger partial charge on any atom is -0.507 e. The summed E-state index contributed by atoms with van der Waals surface area (Å²) in [4.78, 5) is 0. The molecule has 0 radical (unpaired) electrons. The lowest BCUT2D eigenvalue weighted by Gasteiger charge is -2.18. The Hall–Kier alpha value is -1.63. The Labute approximate surface area is 109 Å². The Bertz CT molecular complexity index is 510. The van der Waals surface area contributed by atoms with Gasteiger partial charge in [-0.25, -0.2) is 13.2 Å². The van der Waals surface area contributed by atoms with Crippen LogP contribution in [0.1, 0.15) is 11.1 Å². The highest BCUT2D eigenvalue weighted by Crippen LogP contribution is 2.45. The minimum absolute atomic E-state index is 2.42. The van der Waals surface area contributed by atoms with E-state index in [2.05, 4.69) is 4.65 Å². The zero-order valence-electron chi connectivity index (χ0n) is 9.28. The Kier molecular flexibility index (Phi) is 4.39. The monoisotopic (exact) mass is 328 g/mol. The number of benzene rings is 1. The smallest absolute Gasteiger partial charge is 0.507 e. The maximum atomic E-state index is 13.3. The van der Waals surface area contributed by atoms with Crippen molar-refractivity contribution in [2.45, 2.75) is 12.4 Å². The summed E-state index contributed by atoms with van der Waals surface area (Å²) in [6.07, 6.45) is -11.9. The van der Waals surface area contributed by atoms with Crippen molar-refractivity contribution in [3.05, 3.63) is 28.6 Å². The molecule has 0 fully saturated rings. The lowest BCUT2D eigenvalue weighted by atomic mass is 10.0.